The van der Waals surface area contributed by atoms with Gasteiger partial charge in [0.1, 0.15) is 5.75 Å². The highest BCUT2D eigenvalue weighted by molar-refractivity contribution is 5.95. The van der Waals surface area contributed by atoms with Crippen LogP contribution < -0.4 is 10.5 Å². The molecule has 6 heteroatoms. The summed E-state index contributed by atoms with van der Waals surface area (Å²) in [5, 5.41) is 12.2. The number of benzene rings is 2. The second-order valence-corrected chi connectivity index (χ2v) is 4.41. The molecule has 6 nitrogen and oxygen atoms in total. The molecule has 0 radical (unpaired) electrons. The lowest BCUT2D eigenvalue weighted by atomic mass is 10.1. The summed E-state index contributed by atoms with van der Waals surface area (Å²) in [6.45, 7) is 0. The molecule has 104 valence electrons. The maximum absolute atomic E-state index is 11.1. The monoisotopic (exact) mass is 281 g/mol. The van der Waals surface area contributed by atoms with Gasteiger partial charge < -0.3 is 10.5 Å². The van der Waals surface area contributed by atoms with Gasteiger partial charge in [-0.15, -0.1) is 0 Å². The summed E-state index contributed by atoms with van der Waals surface area (Å²) >= 11 is 0. The number of nitrogen functional groups attached to an aromatic ring is 1. The van der Waals surface area contributed by atoms with E-state index in [1.54, 1.807) is 42.5 Å². The van der Waals surface area contributed by atoms with Gasteiger partial charge in [0.25, 0.3) is 5.69 Å². The van der Waals surface area contributed by atoms with Crippen LogP contribution in [0.5, 0.6) is 11.6 Å². The molecule has 0 unspecified atom stereocenters. The van der Waals surface area contributed by atoms with Crippen LogP contribution in [0.25, 0.3) is 10.8 Å². The van der Waals surface area contributed by atoms with Gasteiger partial charge in [0.05, 0.1) is 10.3 Å². The fraction of sp³-hybridized carbons (Fsp3) is 0. The lowest BCUT2D eigenvalue weighted by Gasteiger charge is -2.08. The normalized spacial score (nSPS) is 10.5. The first-order chi connectivity index (χ1) is 10.1. The quantitative estimate of drug-likeness (QED) is 0.585. The van der Waals surface area contributed by atoms with E-state index in [1.807, 2.05) is 0 Å². The Bertz CT molecular complexity index is 833. The highest BCUT2D eigenvalue weighted by Crippen LogP contribution is 2.34. The van der Waals surface area contributed by atoms with Crippen molar-refractivity contribution < 1.29 is 9.66 Å². The van der Waals surface area contributed by atoms with Gasteiger partial charge in [-0.3, -0.25) is 10.1 Å². The van der Waals surface area contributed by atoms with Gasteiger partial charge in [-0.1, -0.05) is 18.2 Å². The van der Waals surface area contributed by atoms with Crippen LogP contribution in [0.15, 0.2) is 54.7 Å². The summed E-state index contributed by atoms with van der Waals surface area (Å²) in [6, 6.07) is 13.2. The average molecular weight is 281 g/mol. The van der Waals surface area contributed by atoms with E-state index in [0.29, 0.717) is 28.1 Å². The first-order valence-electron chi connectivity index (χ1n) is 6.20. The number of fused-ring (bicyclic) bond motifs is 1. The lowest BCUT2D eigenvalue weighted by molar-refractivity contribution is -0.383. The van der Waals surface area contributed by atoms with E-state index in [4.69, 9.17) is 10.5 Å². The van der Waals surface area contributed by atoms with Gasteiger partial charge in [-0.2, -0.15) is 0 Å². The van der Waals surface area contributed by atoms with Gasteiger partial charge in [0, 0.05) is 29.4 Å². The maximum Gasteiger partial charge on any atom is 0.277 e. The number of hydrogen-bond acceptors (Lipinski definition) is 5. The summed E-state index contributed by atoms with van der Waals surface area (Å²) < 4.78 is 5.69. The fourth-order valence-electron chi connectivity index (χ4n) is 2.10. The van der Waals surface area contributed by atoms with E-state index in [9.17, 15) is 10.1 Å². The second-order valence-electron chi connectivity index (χ2n) is 4.41. The van der Waals surface area contributed by atoms with Crippen molar-refractivity contribution in [1.82, 2.24) is 4.98 Å². The molecule has 0 spiro atoms. The minimum Gasteiger partial charge on any atom is -0.438 e. The molecular formula is C15H11N3O3. The zero-order valence-electron chi connectivity index (χ0n) is 10.9. The Hall–Kier alpha value is -3.15. The second kappa shape index (κ2) is 5.09. The van der Waals surface area contributed by atoms with E-state index in [1.165, 1.54) is 12.3 Å². The molecule has 1 heterocycles. The van der Waals surface area contributed by atoms with Crippen molar-refractivity contribution in [2.75, 3.05) is 5.73 Å². The van der Waals surface area contributed by atoms with Crippen LogP contribution >= 0.6 is 0 Å². The van der Waals surface area contributed by atoms with Crippen LogP contribution in [-0.2, 0) is 0 Å². The molecule has 2 aromatic carbocycles. The van der Waals surface area contributed by atoms with E-state index >= 15 is 0 Å². The molecule has 2 N–H and O–H groups in total. The van der Waals surface area contributed by atoms with Gasteiger partial charge in [-0.25, -0.2) is 4.98 Å². The summed E-state index contributed by atoms with van der Waals surface area (Å²) in [4.78, 5) is 14.7. The third kappa shape index (κ3) is 2.46. The molecule has 0 aliphatic carbocycles. The number of nitro groups is 1. The molecule has 0 saturated heterocycles. The third-order valence-corrected chi connectivity index (χ3v) is 3.03. The minimum atomic E-state index is -0.412. The molecule has 0 atom stereocenters. The Labute approximate surface area is 119 Å². The zero-order chi connectivity index (χ0) is 14.8. The van der Waals surface area contributed by atoms with Crippen molar-refractivity contribution in [1.29, 1.82) is 0 Å². The van der Waals surface area contributed by atoms with E-state index in [0.717, 1.165) is 0 Å². The number of pyridine rings is 1. The molecule has 0 saturated carbocycles. The van der Waals surface area contributed by atoms with Gasteiger partial charge >= 0.3 is 0 Å². The van der Waals surface area contributed by atoms with Crippen molar-refractivity contribution in [2.45, 2.75) is 0 Å². The summed E-state index contributed by atoms with van der Waals surface area (Å²) in [5.41, 5.74) is 6.25. The number of aromatic nitrogens is 1. The molecular weight excluding hydrogens is 270 g/mol. The van der Waals surface area contributed by atoms with Crippen LogP contribution in [0, 0.1) is 10.1 Å². The number of ether oxygens (including phenoxy) is 1. The molecule has 3 rings (SSSR count). The Balaban J connectivity index is 2.12. The number of hydrogen-bond donors (Lipinski definition) is 1. The number of anilines is 1. The molecule has 0 fully saturated rings. The first kappa shape index (κ1) is 12.9. The van der Waals surface area contributed by atoms with E-state index in [-0.39, 0.29) is 5.69 Å². The molecule has 0 amide bonds. The number of nitro benzene ring substituents is 1. The van der Waals surface area contributed by atoms with Crippen molar-refractivity contribution in [3.8, 4) is 11.6 Å². The fourth-order valence-corrected chi connectivity index (χ4v) is 2.10. The standard InChI is InChI=1S/C15H11N3O3/c16-10-7-8-17-15(9-10)21-14-6-5-13(18(19)20)11-3-1-2-4-12(11)14/h1-9H,(H2,16,17). The molecule has 0 aliphatic rings. The van der Waals surface area contributed by atoms with E-state index < -0.39 is 4.92 Å². The first-order valence-corrected chi connectivity index (χ1v) is 6.20. The lowest BCUT2D eigenvalue weighted by Crippen LogP contribution is -1.94. The SMILES string of the molecule is Nc1ccnc(Oc2ccc([N+](=O)[O-])c3ccccc23)c1. The van der Waals surface area contributed by atoms with Crippen LogP contribution in [0.2, 0.25) is 0 Å². The average Bonchev–Trinajstić information content (AvgIpc) is 2.47. The smallest absolute Gasteiger partial charge is 0.277 e. The summed E-state index contributed by atoms with van der Waals surface area (Å²) in [7, 11) is 0. The topological polar surface area (TPSA) is 91.3 Å². The van der Waals surface area contributed by atoms with Crippen LogP contribution in [0.3, 0.4) is 0 Å². The van der Waals surface area contributed by atoms with Crippen LogP contribution in [0.1, 0.15) is 0 Å². The Morgan fingerprint density at radius 2 is 1.86 bits per heavy atom. The highest BCUT2D eigenvalue weighted by atomic mass is 16.6. The van der Waals surface area contributed by atoms with E-state index in [2.05, 4.69) is 4.98 Å². The molecule has 0 aliphatic heterocycles. The minimum absolute atomic E-state index is 0.0403. The predicted molar refractivity (Wildman–Crippen MR) is 79.3 cm³/mol. The largest absolute Gasteiger partial charge is 0.438 e. The number of nitrogens with zero attached hydrogens (tertiary/aromatic N) is 2. The summed E-state index contributed by atoms with van der Waals surface area (Å²) in [5.74, 6) is 0.836. The number of non-ortho nitro benzene ring substituents is 1. The zero-order valence-corrected chi connectivity index (χ0v) is 10.9. The van der Waals surface area contributed by atoms with Crippen molar-refractivity contribution in [3.05, 3.63) is 64.8 Å². The Morgan fingerprint density at radius 3 is 2.57 bits per heavy atom. The molecule has 21 heavy (non-hydrogen) atoms. The van der Waals surface area contributed by atoms with Gasteiger partial charge in [0.15, 0.2) is 0 Å². The van der Waals surface area contributed by atoms with Crippen LogP contribution in [-0.4, -0.2) is 9.91 Å². The van der Waals surface area contributed by atoms with Gasteiger partial charge in [0.2, 0.25) is 5.88 Å². The van der Waals surface area contributed by atoms with Crippen molar-refractivity contribution in [3.63, 3.8) is 0 Å². The Kier molecular flexibility index (Phi) is 3.12. The molecule has 0 bridgehead atoms. The highest BCUT2D eigenvalue weighted by Gasteiger charge is 2.15. The van der Waals surface area contributed by atoms with Crippen LogP contribution in [0.4, 0.5) is 11.4 Å². The molecule has 3 aromatic rings. The van der Waals surface area contributed by atoms with Gasteiger partial charge in [-0.05, 0) is 18.2 Å². The predicted octanol–water partition coefficient (Wildman–Crippen LogP) is 3.52. The summed E-state index contributed by atoms with van der Waals surface area (Å²) in [6.07, 6.45) is 1.54. The third-order valence-electron chi connectivity index (χ3n) is 3.03. The van der Waals surface area contributed by atoms with Crippen molar-refractivity contribution >= 4 is 22.1 Å². The maximum atomic E-state index is 11.1. The Morgan fingerprint density at radius 1 is 1.10 bits per heavy atom. The van der Waals surface area contributed by atoms with Crippen molar-refractivity contribution in [2.24, 2.45) is 0 Å². The number of rotatable bonds is 3. The number of nitrogens with two attached hydrogens (primary N) is 1. The molecule has 1 aromatic heterocycles.